The Morgan fingerprint density at radius 2 is 2.41 bits per heavy atom. The first-order valence-corrected chi connectivity index (χ1v) is 5.67. The quantitative estimate of drug-likeness (QED) is 0.364. The lowest BCUT2D eigenvalue weighted by Gasteiger charge is -2.50. The van der Waals surface area contributed by atoms with Crippen molar-refractivity contribution in [3.63, 3.8) is 0 Å². The number of nitrogens with two attached hydrogens (primary N) is 1. The first kappa shape index (κ1) is 10.6. The summed E-state index contributed by atoms with van der Waals surface area (Å²) in [5.74, 6) is 0.304. The van der Waals surface area contributed by atoms with E-state index in [1.165, 1.54) is 0 Å². The predicted molar refractivity (Wildman–Crippen MR) is 59.4 cm³/mol. The normalized spacial score (nSPS) is 39.9. The Morgan fingerprint density at radius 3 is 3.12 bits per heavy atom. The van der Waals surface area contributed by atoms with Crippen LogP contribution in [0.2, 0.25) is 0 Å². The van der Waals surface area contributed by atoms with E-state index in [4.69, 9.17) is 11.1 Å². The fourth-order valence-corrected chi connectivity index (χ4v) is 3.15. The fourth-order valence-electron chi connectivity index (χ4n) is 3.15. The van der Waals surface area contributed by atoms with Crippen LogP contribution in [0.1, 0.15) is 12.8 Å². The fraction of sp³-hybridized carbons (Fsp3) is 0.778. The highest BCUT2D eigenvalue weighted by Gasteiger charge is 2.60. The standard InChI is InChI=1S/C9H16N6O2/c10-7-12-6-5(4-16)15(17)8(11)14-3-1-2-9(6,14)13-7/h5-6,11,16-17H,1-4H2,(H3,10,12,13)/t5?,6-,9?/m0/s1. The van der Waals surface area contributed by atoms with E-state index in [-0.39, 0.29) is 18.6 Å². The van der Waals surface area contributed by atoms with Gasteiger partial charge in [-0.25, -0.2) is 10.1 Å². The van der Waals surface area contributed by atoms with Crippen LogP contribution in [0.25, 0.3) is 0 Å². The van der Waals surface area contributed by atoms with Gasteiger partial charge in [0.15, 0.2) is 5.96 Å². The zero-order valence-corrected chi connectivity index (χ0v) is 9.30. The van der Waals surface area contributed by atoms with Gasteiger partial charge in [0.05, 0.1) is 6.61 Å². The second-order valence-electron chi connectivity index (χ2n) is 4.68. The number of hydrogen-bond donors (Lipinski definition) is 5. The van der Waals surface area contributed by atoms with Gasteiger partial charge in [0, 0.05) is 6.54 Å². The van der Waals surface area contributed by atoms with E-state index in [0.29, 0.717) is 12.5 Å². The summed E-state index contributed by atoms with van der Waals surface area (Å²) in [6, 6.07) is -0.973. The summed E-state index contributed by atoms with van der Waals surface area (Å²) in [7, 11) is 0. The summed E-state index contributed by atoms with van der Waals surface area (Å²) in [6.45, 7) is 0.415. The molecule has 6 N–H and O–H groups in total. The third-order valence-corrected chi connectivity index (χ3v) is 3.87. The van der Waals surface area contributed by atoms with Crippen molar-refractivity contribution in [3.05, 3.63) is 0 Å². The molecule has 2 unspecified atom stereocenters. The number of guanidine groups is 2. The SMILES string of the molecule is N=C1N(O)C(CO)[C@@H]2N=C(N)NC23CCCN13. The Morgan fingerprint density at radius 1 is 1.65 bits per heavy atom. The Hall–Kier alpha value is -1.54. The largest absolute Gasteiger partial charge is 0.394 e. The van der Waals surface area contributed by atoms with Gasteiger partial charge >= 0.3 is 0 Å². The average Bonchev–Trinajstić information content (AvgIpc) is 2.84. The molecule has 0 aromatic heterocycles. The van der Waals surface area contributed by atoms with Crippen molar-refractivity contribution in [2.24, 2.45) is 10.7 Å². The van der Waals surface area contributed by atoms with Crippen molar-refractivity contribution in [1.82, 2.24) is 15.3 Å². The Bertz CT molecular complexity index is 399. The number of aliphatic imine (C=N–C) groups is 1. The second kappa shape index (κ2) is 3.23. The molecule has 3 atom stereocenters. The molecule has 3 rings (SSSR count). The smallest absolute Gasteiger partial charge is 0.220 e. The lowest BCUT2D eigenvalue weighted by Crippen LogP contribution is -2.73. The molecule has 17 heavy (non-hydrogen) atoms. The van der Waals surface area contributed by atoms with Crippen molar-refractivity contribution in [1.29, 1.82) is 5.41 Å². The lowest BCUT2D eigenvalue weighted by molar-refractivity contribution is -0.126. The summed E-state index contributed by atoms with van der Waals surface area (Å²) >= 11 is 0. The minimum Gasteiger partial charge on any atom is -0.394 e. The van der Waals surface area contributed by atoms with Crippen LogP contribution in [-0.2, 0) is 0 Å². The molecule has 3 aliphatic heterocycles. The molecule has 1 spiro atoms. The number of hydrogen-bond acceptors (Lipinski definition) is 6. The highest BCUT2D eigenvalue weighted by molar-refractivity contribution is 5.86. The van der Waals surface area contributed by atoms with Crippen LogP contribution in [0.4, 0.5) is 0 Å². The summed E-state index contributed by atoms with van der Waals surface area (Å²) < 4.78 is 0. The van der Waals surface area contributed by atoms with E-state index in [9.17, 15) is 10.3 Å². The van der Waals surface area contributed by atoms with Crippen molar-refractivity contribution in [3.8, 4) is 0 Å². The predicted octanol–water partition coefficient (Wildman–Crippen LogP) is -1.93. The summed E-state index contributed by atoms with van der Waals surface area (Å²) in [5, 5.41) is 31.1. The van der Waals surface area contributed by atoms with Crippen LogP contribution in [0, 0.1) is 5.41 Å². The first-order valence-electron chi connectivity index (χ1n) is 5.67. The van der Waals surface area contributed by atoms with Crippen LogP contribution < -0.4 is 11.1 Å². The average molecular weight is 240 g/mol. The zero-order valence-electron chi connectivity index (χ0n) is 9.30. The lowest BCUT2D eigenvalue weighted by atomic mass is 9.90. The van der Waals surface area contributed by atoms with Gasteiger partial charge in [0.25, 0.3) is 0 Å². The number of hydroxylamine groups is 2. The van der Waals surface area contributed by atoms with Gasteiger partial charge in [-0.1, -0.05) is 0 Å². The van der Waals surface area contributed by atoms with E-state index in [0.717, 1.165) is 17.9 Å². The maximum Gasteiger partial charge on any atom is 0.220 e. The minimum atomic E-state index is -0.620. The molecule has 8 nitrogen and oxygen atoms in total. The van der Waals surface area contributed by atoms with Gasteiger partial charge in [-0.05, 0) is 12.8 Å². The van der Waals surface area contributed by atoms with Crippen molar-refractivity contribution < 1.29 is 10.3 Å². The molecule has 2 saturated heterocycles. The monoisotopic (exact) mass is 240 g/mol. The maximum atomic E-state index is 9.88. The third kappa shape index (κ3) is 1.14. The molecule has 8 heteroatoms. The van der Waals surface area contributed by atoms with E-state index < -0.39 is 11.7 Å². The second-order valence-corrected chi connectivity index (χ2v) is 4.68. The molecular formula is C9H16N6O2. The van der Waals surface area contributed by atoms with E-state index in [2.05, 4.69) is 10.3 Å². The van der Waals surface area contributed by atoms with Gasteiger partial charge in [0.1, 0.15) is 17.7 Å². The molecular weight excluding hydrogens is 224 g/mol. The molecule has 0 aliphatic carbocycles. The number of aliphatic hydroxyl groups is 1. The third-order valence-electron chi connectivity index (χ3n) is 3.87. The Labute approximate surface area is 98.2 Å². The van der Waals surface area contributed by atoms with Gasteiger partial charge in [-0.3, -0.25) is 10.6 Å². The molecule has 0 radical (unpaired) electrons. The van der Waals surface area contributed by atoms with Gasteiger partial charge in [-0.15, -0.1) is 0 Å². The number of nitrogens with zero attached hydrogens (tertiary/aromatic N) is 3. The van der Waals surface area contributed by atoms with Crippen molar-refractivity contribution >= 4 is 11.9 Å². The topological polar surface area (TPSA) is 121 Å². The van der Waals surface area contributed by atoms with Crippen molar-refractivity contribution in [2.75, 3.05) is 13.2 Å². The number of rotatable bonds is 1. The highest BCUT2D eigenvalue weighted by atomic mass is 16.5. The maximum absolute atomic E-state index is 9.88. The number of nitrogens with one attached hydrogen (secondary N) is 2. The molecule has 0 amide bonds. The Kier molecular flexibility index (Phi) is 2.02. The molecule has 2 fully saturated rings. The summed E-state index contributed by atoms with van der Waals surface area (Å²) in [6.07, 6.45) is 1.70. The molecule has 0 saturated carbocycles. The molecule has 0 aromatic carbocycles. The highest BCUT2D eigenvalue weighted by Crippen LogP contribution is 2.40. The van der Waals surface area contributed by atoms with E-state index in [1.807, 2.05) is 0 Å². The minimum absolute atomic E-state index is 0.00444. The van der Waals surface area contributed by atoms with Gasteiger partial charge < -0.3 is 21.1 Å². The van der Waals surface area contributed by atoms with E-state index >= 15 is 0 Å². The van der Waals surface area contributed by atoms with Crippen LogP contribution in [0.5, 0.6) is 0 Å². The van der Waals surface area contributed by atoms with Gasteiger partial charge in [-0.2, -0.15) is 0 Å². The summed E-state index contributed by atoms with van der Waals surface area (Å²) in [5.41, 5.74) is 5.18. The Balaban J connectivity index is 2.06. The van der Waals surface area contributed by atoms with Crippen LogP contribution >= 0.6 is 0 Å². The number of aliphatic hydroxyl groups excluding tert-OH is 1. The molecule has 94 valence electrons. The van der Waals surface area contributed by atoms with Crippen LogP contribution in [-0.4, -0.2) is 63.1 Å². The van der Waals surface area contributed by atoms with Crippen LogP contribution in [0.15, 0.2) is 4.99 Å². The molecule has 0 aromatic rings. The van der Waals surface area contributed by atoms with Gasteiger partial charge in [0.2, 0.25) is 5.96 Å². The molecule has 3 heterocycles. The first-order chi connectivity index (χ1) is 8.10. The molecule has 0 bridgehead atoms. The van der Waals surface area contributed by atoms with E-state index in [1.54, 1.807) is 4.90 Å². The molecule has 3 aliphatic rings. The van der Waals surface area contributed by atoms with Crippen LogP contribution in [0.3, 0.4) is 0 Å². The summed E-state index contributed by atoms with van der Waals surface area (Å²) in [4.78, 5) is 6.04. The zero-order chi connectivity index (χ0) is 12.2. The van der Waals surface area contributed by atoms with Crippen molar-refractivity contribution in [2.45, 2.75) is 30.6 Å².